The molecule has 0 atom stereocenters. The van der Waals surface area contributed by atoms with E-state index in [1.807, 2.05) is 12.1 Å². The zero-order valence-corrected chi connectivity index (χ0v) is 19.3. The Balaban J connectivity index is 1.33. The number of rotatable bonds is 7. The average molecular weight is 493 g/mol. The second-order valence-corrected chi connectivity index (χ2v) is 9.69. The van der Waals surface area contributed by atoms with Gasteiger partial charge in [-0.3, -0.25) is 4.79 Å². The van der Waals surface area contributed by atoms with Crippen molar-refractivity contribution in [2.24, 2.45) is 0 Å². The number of carbonyl (C=O) groups is 1. The Morgan fingerprint density at radius 2 is 2.09 bits per heavy atom. The van der Waals surface area contributed by atoms with E-state index in [2.05, 4.69) is 35.3 Å². The summed E-state index contributed by atoms with van der Waals surface area (Å²) in [4.78, 5) is 27.5. The summed E-state index contributed by atoms with van der Waals surface area (Å²) in [6.45, 7) is 0. The van der Waals surface area contributed by atoms with Crippen LogP contribution in [0.5, 0.6) is 0 Å². The van der Waals surface area contributed by atoms with Gasteiger partial charge in [0.05, 0.1) is 22.9 Å². The van der Waals surface area contributed by atoms with Gasteiger partial charge in [0, 0.05) is 43.1 Å². The molecule has 4 aromatic heterocycles. The first-order chi connectivity index (χ1) is 16.9. The maximum Gasteiger partial charge on any atom is 0.272 e. The van der Waals surface area contributed by atoms with Crippen LogP contribution in [0, 0.1) is 11.3 Å². The summed E-state index contributed by atoms with van der Waals surface area (Å²) in [6, 6.07) is 6.14. The zero-order chi connectivity index (χ0) is 24.6. The van der Waals surface area contributed by atoms with Crippen LogP contribution in [-0.4, -0.2) is 53.4 Å². The topological polar surface area (TPSA) is 179 Å². The molecule has 1 aliphatic rings. The molecule has 0 spiro atoms. The number of oxazole rings is 1. The maximum absolute atomic E-state index is 12.7. The molecule has 5 rings (SSSR count). The summed E-state index contributed by atoms with van der Waals surface area (Å²) in [5, 5.41) is 15.6. The number of hydrogen-bond acceptors (Lipinski definition) is 9. The van der Waals surface area contributed by atoms with Crippen LogP contribution in [0.25, 0.3) is 22.5 Å². The van der Waals surface area contributed by atoms with Crippen LogP contribution in [-0.2, 0) is 10.0 Å². The molecule has 1 aliphatic carbocycles. The summed E-state index contributed by atoms with van der Waals surface area (Å²) in [5.74, 6) is -0.129. The highest BCUT2D eigenvalue weighted by atomic mass is 32.2. The van der Waals surface area contributed by atoms with Crippen molar-refractivity contribution in [2.75, 3.05) is 12.4 Å². The molecule has 0 saturated heterocycles. The third-order valence-electron chi connectivity index (χ3n) is 5.73. The summed E-state index contributed by atoms with van der Waals surface area (Å²) in [6.07, 6.45) is 7.00. The minimum Gasteiger partial charge on any atom is -0.443 e. The maximum atomic E-state index is 12.7. The third-order valence-corrected chi connectivity index (χ3v) is 7.15. The molecule has 0 unspecified atom stereocenters. The van der Waals surface area contributed by atoms with Crippen molar-refractivity contribution in [1.82, 2.24) is 30.0 Å². The Labute approximate surface area is 199 Å². The number of nitrogens with zero attached hydrogens (tertiary/aromatic N) is 4. The SMILES string of the molecule is CNC(=O)c1coc(-c2cnc3[nH]ccc3c2N[C@H]2C[C@@H](NS(=O)(=O)c3cc(C#N)ccn3)C2)n1. The number of hydrogen-bond donors (Lipinski definition) is 4. The van der Waals surface area contributed by atoms with E-state index in [1.54, 1.807) is 12.4 Å². The van der Waals surface area contributed by atoms with Crippen molar-refractivity contribution >= 4 is 32.7 Å². The standard InChI is InChI=1S/C22H20N8O4S/c1-24-21(31)17-11-34-22(29-17)16-10-27-20-15(3-5-26-20)19(16)28-13-7-14(8-13)30-35(32,33)18-6-12(9-23)2-4-25-18/h2-6,10-11,13-14,30H,7-8H2,1H3,(H,24,31)(H2,26,27,28)/t13-,14+. The first-order valence-electron chi connectivity index (χ1n) is 10.7. The molecule has 1 fully saturated rings. The third kappa shape index (κ3) is 4.32. The number of sulfonamides is 1. The van der Waals surface area contributed by atoms with Gasteiger partial charge in [-0.2, -0.15) is 5.26 Å². The van der Waals surface area contributed by atoms with Gasteiger partial charge < -0.3 is 20.0 Å². The highest BCUT2D eigenvalue weighted by Gasteiger charge is 2.34. The Hall–Kier alpha value is -4.28. The highest BCUT2D eigenvalue weighted by molar-refractivity contribution is 7.89. The molecule has 1 saturated carbocycles. The van der Waals surface area contributed by atoms with E-state index >= 15 is 0 Å². The zero-order valence-electron chi connectivity index (χ0n) is 18.4. The van der Waals surface area contributed by atoms with Crippen molar-refractivity contribution in [3.05, 3.63) is 54.3 Å². The van der Waals surface area contributed by atoms with Gasteiger partial charge in [0.2, 0.25) is 5.89 Å². The summed E-state index contributed by atoms with van der Waals surface area (Å²) >= 11 is 0. The van der Waals surface area contributed by atoms with Crippen LogP contribution in [0.1, 0.15) is 28.9 Å². The molecule has 35 heavy (non-hydrogen) atoms. The van der Waals surface area contributed by atoms with Crippen LogP contribution in [0.2, 0.25) is 0 Å². The number of amides is 1. The normalized spacial score (nSPS) is 17.5. The quantitative estimate of drug-likeness (QED) is 0.299. The van der Waals surface area contributed by atoms with Crippen LogP contribution in [0.4, 0.5) is 5.69 Å². The number of nitriles is 1. The van der Waals surface area contributed by atoms with Gasteiger partial charge in [-0.1, -0.05) is 0 Å². The predicted molar refractivity (Wildman–Crippen MR) is 125 cm³/mol. The number of fused-ring (bicyclic) bond motifs is 1. The lowest BCUT2D eigenvalue weighted by Crippen LogP contribution is -2.49. The molecule has 4 heterocycles. The molecule has 4 N–H and O–H groups in total. The van der Waals surface area contributed by atoms with Gasteiger partial charge in [-0.15, -0.1) is 0 Å². The fourth-order valence-corrected chi connectivity index (χ4v) is 5.13. The van der Waals surface area contributed by atoms with E-state index in [0.29, 0.717) is 24.1 Å². The van der Waals surface area contributed by atoms with Crippen molar-refractivity contribution < 1.29 is 17.6 Å². The van der Waals surface area contributed by atoms with Gasteiger partial charge in [0.1, 0.15) is 11.9 Å². The number of carbonyl (C=O) groups excluding carboxylic acids is 1. The van der Waals surface area contributed by atoms with E-state index in [4.69, 9.17) is 9.68 Å². The molecule has 0 radical (unpaired) electrons. The minimum absolute atomic E-state index is 0.0336. The molecule has 178 valence electrons. The van der Waals surface area contributed by atoms with Crippen LogP contribution < -0.4 is 15.4 Å². The largest absolute Gasteiger partial charge is 0.443 e. The first kappa shape index (κ1) is 22.5. The second kappa shape index (κ2) is 8.82. The highest BCUT2D eigenvalue weighted by Crippen LogP contribution is 2.36. The number of nitrogens with one attached hydrogen (secondary N) is 4. The summed E-state index contributed by atoms with van der Waals surface area (Å²) < 4.78 is 33.5. The summed E-state index contributed by atoms with van der Waals surface area (Å²) in [5.41, 5.74) is 2.33. The lowest BCUT2D eigenvalue weighted by molar-refractivity contribution is 0.0958. The number of anilines is 1. The average Bonchev–Trinajstić information content (AvgIpc) is 3.52. The lowest BCUT2D eigenvalue weighted by Gasteiger charge is -2.37. The second-order valence-electron chi connectivity index (χ2n) is 8.03. The Kier molecular flexibility index (Phi) is 5.67. The molecule has 1 amide bonds. The number of H-pyrrole nitrogens is 1. The first-order valence-corrected chi connectivity index (χ1v) is 12.2. The van der Waals surface area contributed by atoms with E-state index in [-0.39, 0.29) is 40.2 Å². The molecular formula is C22H20N8O4S. The van der Waals surface area contributed by atoms with Crippen molar-refractivity contribution in [2.45, 2.75) is 30.0 Å². The fourth-order valence-electron chi connectivity index (χ4n) is 3.90. The van der Waals surface area contributed by atoms with Gasteiger partial charge in [0.15, 0.2) is 10.7 Å². The van der Waals surface area contributed by atoms with Gasteiger partial charge in [-0.05, 0) is 31.0 Å². The van der Waals surface area contributed by atoms with Crippen LogP contribution in [0.3, 0.4) is 0 Å². The van der Waals surface area contributed by atoms with Gasteiger partial charge >= 0.3 is 0 Å². The van der Waals surface area contributed by atoms with Gasteiger partial charge in [0.25, 0.3) is 15.9 Å². The van der Waals surface area contributed by atoms with Crippen molar-refractivity contribution in [3.63, 3.8) is 0 Å². The van der Waals surface area contributed by atoms with E-state index in [9.17, 15) is 13.2 Å². The van der Waals surface area contributed by atoms with Crippen LogP contribution >= 0.6 is 0 Å². The summed E-state index contributed by atoms with van der Waals surface area (Å²) in [7, 11) is -2.34. The van der Waals surface area contributed by atoms with Crippen molar-refractivity contribution in [3.8, 4) is 17.5 Å². The monoisotopic (exact) mass is 492 g/mol. The molecule has 0 aromatic carbocycles. The number of aromatic nitrogens is 4. The fraction of sp³-hybridized carbons (Fsp3) is 0.227. The van der Waals surface area contributed by atoms with Gasteiger partial charge in [-0.25, -0.2) is 28.1 Å². The Morgan fingerprint density at radius 1 is 1.26 bits per heavy atom. The van der Waals surface area contributed by atoms with Crippen molar-refractivity contribution in [1.29, 1.82) is 5.26 Å². The Morgan fingerprint density at radius 3 is 2.86 bits per heavy atom. The molecular weight excluding hydrogens is 472 g/mol. The van der Waals surface area contributed by atoms with Crippen LogP contribution in [0.15, 0.2) is 52.5 Å². The number of pyridine rings is 2. The molecule has 12 nitrogen and oxygen atoms in total. The van der Waals surface area contributed by atoms with E-state index in [0.717, 1.165) is 11.1 Å². The molecule has 0 aliphatic heterocycles. The van der Waals surface area contributed by atoms with E-state index in [1.165, 1.54) is 31.6 Å². The minimum atomic E-state index is -3.85. The molecule has 0 bridgehead atoms. The van der Waals surface area contributed by atoms with E-state index < -0.39 is 10.0 Å². The molecule has 4 aromatic rings. The molecule has 13 heteroatoms. The number of aromatic amines is 1. The lowest BCUT2D eigenvalue weighted by atomic mass is 9.87. The Bertz CT molecular complexity index is 1560. The smallest absolute Gasteiger partial charge is 0.272 e. The predicted octanol–water partition coefficient (Wildman–Crippen LogP) is 1.77.